The molecule has 82 valence electrons. The zero-order valence-electron chi connectivity index (χ0n) is 9.08. The fourth-order valence-corrected chi connectivity index (χ4v) is 2.38. The molecule has 0 atom stereocenters. The highest BCUT2D eigenvalue weighted by atomic mass is 32.1. The average Bonchev–Trinajstić information content (AvgIpc) is 2.71. The van der Waals surface area contributed by atoms with Gasteiger partial charge in [-0.2, -0.15) is 0 Å². The van der Waals surface area contributed by atoms with Crippen LogP contribution < -0.4 is 0 Å². The van der Waals surface area contributed by atoms with Gasteiger partial charge in [0.2, 0.25) is 0 Å². The lowest BCUT2D eigenvalue weighted by Crippen LogP contribution is -1.84. The van der Waals surface area contributed by atoms with Gasteiger partial charge in [0.05, 0.1) is 4.88 Å². The van der Waals surface area contributed by atoms with Crippen LogP contribution in [0.25, 0.3) is 10.4 Å². The molecule has 0 aliphatic carbocycles. The van der Waals surface area contributed by atoms with Crippen LogP contribution >= 0.6 is 11.3 Å². The molecule has 2 rings (SSSR count). The van der Waals surface area contributed by atoms with E-state index in [1.807, 2.05) is 6.07 Å². The second kappa shape index (κ2) is 4.18. The van der Waals surface area contributed by atoms with E-state index in [1.54, 1.807) is 32.0 Å². The summed E-state index contributed by atoms with van der Waals surface area (Å²) < 4.78 is 13.1. The molecular weight excluding hydrogens is 223 g/mol. The molecule has 2 aromatic rings. The molecule has 0 N–H and O–H groups in total. The maximum Gasteiger partial charge on any atom is 0.169 e. The lowest BCUT2D eigenvalue weighted by molar-refractivity contribution is 0.102. The van der Waals surface area contributed by atoms with Crippen molar-refractivity contribution in [3.8, 4) is 10.4 Å². The summed E-state index contributed by atoms with van der Waals surface area (Å²) in [6, 6.07) is 8.69. The minimum atomic E-state index is -0.202. The highest BCUT2D eigenvalue weighted by Gasteiger charge is 2.07. The molecular formula is C13H11FOS. The van der Waals surface area contributed by atoms with E-state index < -0.39 is 0 Å². The topological polar surface area (TPSA) is 17.1 Å². The first-order valence-electron chi connectivity index (χ1n) is 4.95. The maximum absolute atomic E-state index is 13.1. The van der Waals surface area contributed by atoms with Gasteiger partial charge in [0.25, 0.3) is 0 Å². The van der Waals surface area contributed by atoms with Crippen molar-refractivity contribution in [1.82, 2.24) is 0 Å². The van der Waals surface area contributed by atoms with Crippen molar-refractivity contribution in [2.45, 2.75) is 13.8 Å². The summed E-state index contributed by atoms with van der Waals surface area (Å²) in [6.45, 7) is 3.28. The van der Waals surface area contributed by atoms with E-state index >= 15 is 0 Å². The summed E-state index contributed by atoms with van der Waals surface area (Å²) in [5.41, 5.74) is 1.58. The van der Waals surface area contributed by atoms with E-state index in [0.717, 1.165) is 15.3 Å². The van der Waals surface area contributed by atoms with Crippen LogP contribution in [-0.2, 0) is 0 Å². The second-order valence-electron chi connectivity index (χ2n) is 3.68. The van der Waals surface area contributed by atoms with Gasteiger partial charge in [0, 0.05) is 4.88 Å². The molecule has 0 bridgehead atoms. The predicted molar refractivity (Wildman–Crippen MR) is 64.5 cm³/mol. The van der Waals surface area contributed by atoms with Gasteiger partial charge in [0.15, 0.2) is 5.78 Å². The van der Waals surface area contributed by atoms with Crippen molar-refractivity contribution in [3.05, 3.63) is 46.6 Å². The second-order valence-corrected chi connectivity index (χ2v) is 4.77. The first-order valence-corrected chi connectivity index (χ1v) is 5.77. The Balaban J connectivity index is 2.42. The van der Waals surface area contributed by atoms with Crippen LogP contribution in [0.2, 0.25) is 0 Å². The third-order valence-electron chi connectivity index (χ3n) is 2.40. The van der Waals surface area contributed by atoms with Crippen molar-refractivity contribution in [2.24, 2.45) is 0 Å². The number of hydrogen-bond acceptors (Lipinski definition) is 2. The predicted octanol–water partition coefficient (Wildman–Crippen LogP) is 4.07. The van der Waals surface area contributed by atoms with Gasteiger partial charge in [-0.15, -0.1) is 11.3 Å². The quantitative estimate of drug-likeness (QED) is 0.716. The summed E-state index contributed by atoms with van der Waals surface area (Å²) in [5, 5.41) is 0. The van der Waals surface area contributed by atoms with E-state index in [0.29, 0.717) is 5.56 Å². The van der Waals surface area contributed by atoms with Gasteiger partial charge in [-0.25, -0.2) is 4.39 Å². The fourth-order valence-electron chi connectivity index (χ4n) is 1.48. The minimum absolute atomic E-state index is 0.0649. The number of rotatable bonds is 2. The highest BCUT2D eigenvalue weighted by Crippen LogP contribution is 2.29. The molecule has 0 spiro atoms. The molecule has 0 unspecified atom stereocenters. The lowest BCUT2D eigenvalue weighted by atomic mass is 10.1. The van der Waals surface area contributed by atoms with Crippen LogP contribution in [0.3, 0.4) is 0 Å². The van der Waals surface area contributed by atoms with Crippen LogP contribution in [0.5, 0.6) is 0 Å². The summed E-state index contributed by atoms with van der Waals surface area (Å²) >= 11 is 1.44. The standard InChI is InChI=1S/C13H11FOS/c1-8-7-10(3-4-11(8)14)13-6-5-12(16-13)9(2)15/h3-7H,1-2H3. The zero-order valence-corrected chi connectivity index (χ0v) is 9.90. The summed E-state index contributed by atoms with van der Waals surface area (Å²) in [6.07, 6.45) is 0. The van der Waals surface area contributed by atoms with Crippen molar-refractivity contribution >= 4 is 17.1 Å². The molecule has 16 heavy (non-hydrogen) atoms. The minimum Gasteiger partial charge on any atom is -0.294 e. The molecule has 0 amide bonds. The average molecular weight is 234 g/mol. The Morgan fingerprint density at radius 2 is 2.00 bits per heavy atom. The smallest absolute Gasteiger partial charge is 0.169 e. The third kappa shape index (κ3) is 2.04. The molecule has 1 heterocycles. The summed E-state index contributed by atoms with van der Waals surface area (Å²) in [4.78, 5) is 12.9. The first-order chi connectivity index (χ1) is 7.58. The number of hydrogen-bond donors (Lipinski definition) is 0. The van der Waals surface area contributed by atoms with Crippen LogP contribution in [0.1, 0.15) is 22.2 Å². The molecule has 1 aromatic heterocycles. The van der Waals surface area contributed by atoms with Gasteiger partial charge in [-0.3, -0.25) is 4.79 Å². The van der Waals surface area contributed by atoms with E-state index in [2.05, 4.69) is 0 Å². The highest BCUT2D eigenvalue weighted by molar-refractivity contribution is 7.17. The van der Waals surface area contributed by atoms with Gasteiger partial charge in [0.1, 0.15) is 5.82 Å². The zero-order chi connectivity index (χ0) is 11.7. The van der Waals surface area contributed by atoms with Crippen molar-refractivity contribution < 1.29 is 9.18 Å². The van der Waals surface area contributed by atoms with E-state index in [4.69, 9.17) is 0 Å². The number of benzene rings is 1. The fraction of sp³-hybridized carbons (Fsp3) is 0.154. The SMILES string of the molecule is CC(=O)c1ccc(-c2ccc(F)c(C)c2)s1. The van der Waals surface area contributed by atoms with E-state index in [1.165, 1.54) is 17.4 Å². The first kappa shape index (κ1) is 11.0. The molecule has 3 heteroatoms. The number of carbonyl (C=O) groups is 1. The number of Topliss-reactive ketones (excluding diaryl/α,β-unsaturated/α-hetero) is 1. The Hall–Kier alpha value is -1.48. The molecule has 1 nitrogen and oxygen atoms in total. The van der Waals surface area contributed by atoms with Gasteiger partial charge in [-0.1, -0.05) is 6.07 Å². The summed E-state index contributed by atoms with van der Waals surface area (Å²) in [5.74, 6) is -0.137. The number of carbonyl (C=O) groups excluding carboxylic acids is 1. The monoisotopic (exact) mass is 234 g/mol. The molecule has 0 saturated carbocycles. The Kier molecular flexibility index (Phi) is 2.88. The molecule has 0 aliphatic rings. The number of halogens is 1. The third-order valence-corrected chi connectivity index (χ3v) is 3.63. The number of aryl methyl sites for hydroxylation is 1. The van der Waals surface area contributed by atoms with Crippen molar-refractivity contribution in [1.29, 1.82) is 0 Å². The molecule has 1 aromatic carbocycles. The van der Waals surface area contributed by atoms with Crippen molar-refractivity contribution in [3.63, 3.8) is 0 Å². The largest absolute Gasteiger partial charge is 0.294 e. The van der Waals surface area contributed by atoms with E-state index in [-0.39, 0.29) is 11.6 Å². The van der Waals surface area contributed by atoms with Gasteiger partial charge >= 0.3 is 0 Å². The van der Waals surface area contributed by atoms with Crippen molar-refractivity contribution in [2.75, 3.05) is 0 Å². The molecule has 0 aliphatic heterocycles. The Morgan fingerprint density at radius 1 is 1.25 bits per heavy atom. The number of thiophene rings is 1. The number of ketones is 1. The molecule has 0 saturated heterocycles. The van der Waals surface area contributed by atoms with Crippen LogP contribution in [0.4, 0.5) is 4.39 Å². The van der Waals surface area contributed by atoms with Gasteiger partial charge in [-0.05, 0) is 49.2 Å². The summed E-state index contributed by atoms with van der Waals surface area (Å²) in [7, 11) is 0. The Labute approximate surface area is 97.6 Å². The van der Waals surface area contributed by atoms with Gasteiger partial charge < -0.3 is 0 Å². The van der Waals surface area contributed by atoms with Crippen LogP contribution in [0.15, 0.2) is 30.3 Å². The Morgan fingerprint density at radius 3 is 2.56 bits per heavy atom. The molecule has 0 radical (unpaired) electrons. The maximum atomic E-state index is 13.1. The molecule has 0 fully saturated rings. The Bertz CT molecular complexity index is 543. The van der Waals surface area contributed by atoms with Crippen LogP contribution in [0, 0.1) is 12.7 Å². The normalized spacial score (nSPS) is 10.4. The van der Waals surface area contributed by atoms with Crippen LogP contribution in [-0.4, -0.2) is 5.78 Å². The van der Waals surface area contributed by atoms with E-state index in [9.17, 15) is 9.18 Å². The lowest BCUT2D eigenvalue weighted by Gasteiger charge is -2.00.